The lowest BCUT2D eigenvalue weighted by Gasteiger charge is -2.44. The van der Waals surface area contributed by atoms with Gasteiger partial charge in [-0.3, -0.25) is 9.59 Å². The van der Waals surface area contributed by atoms with E-state index in [1.807, 2.05) is 84.9 Å². The normalized spacial score (nSPS) is 20.6. The molecule has 0 aromatic heterocycles. The number of amides is 2. The molecule has 2 amide bonds. The van der Waals surface area contributed by atoms with Crippen molar-refractivity contribution >= 4 is 69.1 Å². The number of nitrogens with zero attached hydrogens (tertiary/aromatic N) is 2. The molecule has 8 nitrogen and oxygen atoms in total. The molecule has 5 aromatic carbocycles. The van der Waals surface area contributed by atoms with Crippen LogP contribution in [0.15, 0.2) is 121 Å². The Balaban J connectivity index is 0.983. The summed E-state index contributed by atoms with van der Waals surface area (Å²) in [6.45, 7) is 0. The largest absolute Gasteiger partial charge is 0.508 e. The Hall–Kier alpha value is -5.18. The zero-order valence-electron chi connectivity index (χ0n) is 24.2. The van der Waals surface area contributed by atoms with Crippen molar-refractivity contribution in [3.05, 3.63) is 132 Å². The Labute approximate surface area is 275 Å². The number of alkyl halides is 2. The van der Waals surface area contributed by atoms with Gasteiger partial charge in [0, 0.05) is 45.3 Å². The first kappa shape index (κ1) is 29.5. The monoisotopic (exact) mass is 650 g/mol. The molecule has 4 atom stereocenters. The predicted octanol–water partition coefficient (Wildman–Crippen LogP) is 7.98. The molecule has 7 rings (SSSR count). The van der Waals surface area contributed by atoms with Gasteiger partial charge in [-0.05, 0) is 84.9 Å². The first-order chi connectivity index (χ1) is 22.3. The average Bonchev–Trinajstić information content (AvgIpc) is 3.08. The highest BCUT2D eigenvalue weighted by Crippen LogP contribution is 2.46. The lowest BCUT2D eigenvalue weighted by molar-refractivity contribution is -0.124. The standard InChI is InChI=1S/C36H28Cl2N4O4/c37-31-33(27-5-1-3-7-29(27)43)41(35(31)45)25-17-13-23(14-18-25)39-21-9-11-22(12-10-21)40-24-15-19-26(20-16-24)42-34(32(38)36(42)46)28-6-2-4-8-30(28)44/h1-20,31-34,39-40,43-44H. The zero-order valence-corrected chi connectivity index (χ0v) is 25.7. The van der Waals surface area contributed by atoms with Gasteiger partial charge < -0.3 is 30.6 Å². The molecule has 46 heavy (non-hydrogen) atoms. The van der Waals surface area contributed by atoms with Gasteiger partial charge in [-0.1, -0.05) is 36.4 Å². The smallest absolute Gasteiger partial charge is 0.248 e. The number of carbonyl (C=O) groups excluding carboxylic acids is 2. The molecule has 5 aromatic rings. The molecule has 0 radical (unpaired) electrons. The third-order valence-electron chi connectivity index (χ3n) is 8.32. The maximum Gasteiger partial charge on any atom is 0.248 e. The van der Waals surface area contributed by atoms with E-state index in [1.54, 1.807) is 46.2 Å². The molecular formula is C36H28Cl2N4O4. The Morgan fingerprint density at radius 1 is 0.478 bits per heavy atom. The van der Waals surface area contributed by atoms with E-state index in [0.29, 0.717) is 22.5 Å². The minimum Gasteiger partial charge on any atom is -0.508 e. The first-order valence-corrected chi connectivity index (χ1v) is 15.5. The summed E-state index contributed by atoms with van der Waals surface area (Å²) in [5.74, 6) is -0.197. The van der Waals surface area contributed by atoms with Crippen LogP contribution >= 0.6 is 23.2 Å². The summed E-state index contributed by atoms with van der Waals surface area (Å²) in [6.07, 6.45) is 0. The molecule has 4 N–H and O–H groups in total. The summed E-state index contributed by atoms with van der Waals surface area (Å²) in [5, 5.41) is 25.9. The second-order valence-corrected chi connectivity index (χ2v) is 12.1. The molecule has 0 saturated carbocycles. The molecule has 2 saturated heterocycles. The van der Waals surface area contributed by atoms with Gasteiger partial charge in [0.2, 0.25) is 11.8 Å². The fourth-order valence-corrected chi connectivity index (χ4v) is 6.64. The maximum absolute atomic E-state index is 12.6. The molecule has 4 unspecified atom stereocenters. The van der Waals surface area contributed by atoms with Crippen molar-refractivity contribution in [1.82, 2.24) is 0 Å². The Morgan fingerprint density at radius 3 is 1.11 bits per heavy atom. The van der Waals surface area contributed by atoms with Crippen molar-refractivity contribution in [2.75, 3.05) is 20.4 Å². The number of nitrogens with one attached hydrogen (secondary N) is 2. The Bertz CT molecular complexity index is 1780. The molecule has 230 valence electrons. The summed E-state index contributed by atoms with van der Waals surface area (Å²) in [7, 11) is 0. The number of hydrogen-bond donors (Lipinski definition) is 4. The minimum absolute atomic E-state index is 0.107. The SMILES string of the molecule is O=C1C(Cl)C(c2ccccc2O)N1c1ccc(Nc2ccc(Nc3ccc(N4C(=O)C(Cl)C4c4ccccc4O)cc3)cc2)cc1. The number of aromatic hydroxyl groups is 2. The molecule has 0 spiro atoms. The van der Waals surface area contributed by atoms with Crippen LogP contribution in [-0.2, 0) is 9.59 Å². The van der Waals surface area contributed by atoms with Gasteiger partial charge in [0.05, 0.1) is 12.1 Å². The quantitative estimate of drug-likeness (QED) is 0.100. The van der Waals surface area contributed by atoms with Crippen molar-refractivity contribution in [3.8, 4) is 11.5 Å². The number of para-hydroxylation sites is 2. The number of rotatable bonds is 8. The summed E-state index contributed by atoms with van der Waals surface area (Å²) >= 11 is 12.7. The van der Waals surface area contributed by atoms with Crippen molar-refractivity contribution in [2.45, 2.75) is 22.8 Å². The zero-order chi connectivity index (χ0) is 31.9. The third-order valence-corrected chi connectivity index (χ3v) is 9.17. The van der Waals surface area contributed by atoms with Crippen LogP contribution in [0.4, 0.5) is 34.1 Å². The van der Waals surface area contributed by atoms with Crippen LogP contribution in [-0.4, -0.2) is 32.8 Å². The molecule has 2 aliphatic heterocycles. The fraction of sp³-hybridized carbons (Fsp3) is 0.111. The number of hydrogen-bond acceptors (Lipinski definition) is 6. The van der Waals surface area contributed by atoms with Crippen LogP contribution in [0.25, 0.3) is 0 Å². The fourth-order valence-electron chi connectivity index (χ4n) is 5.93. The molecular weight excluding hydrogens is 623 g/mol. The Morgan fingerprint density at radius 2 is 0.783 bits per heavy atom. The number of phenolic OH excluding ortho intramolecular Hbond substituents is 2. The number of carbonyl (C=O) groups is 2. The summed E-state index contributed by atoms with van der Waals surface area (Å²) < 4.78 is 0. The van der Waals surface area contributed by atoms with Gasteiger partial charge in [0.25, 0.3) is 0 Å². The van der Waals surface area contributed by atoms with Crippen molar-refractivity contribution in [2.24, 2.45) is 0 Å². The molecule has 0 bridgehead atoms. The highest BCUT2D eigenvalue weighted by atomic mass is 35.5. The highest BCUT2D eigenvalue weighted by Gasteiger charge is 2.49. The Kier molecular flexibility index (Phi) is 7.68. The number of benzene rings is 5. The van der Waals surface area contributed by atoms with Crippen LogP contribution < -0.4 is 20.4 Å². The molecule has 2 aliphatic rings. The van der Waals surface area contributed by atoms with Crippen LogP contribution in [0.2, 0.25) is 0 Å². The van der Waals surface area contributed by atoms with E-state index in [2.05, 4.69) is 10.6 Å². The van der Waals surface area contributed by atoms with Gasteiger partial charge in [-0.2, -0.15) is 0 Å². The van der Waals surface area contributed by atoms with Crippen molar-refractivity contribution < 1.29 is 19.8 Å². The summed E-state index contributed by atoms with van der Waals surface area (Å²) in [5.41, 5.74) is 6.06. The van der Waals surface area contributed by atoms with Gasteiger partial charge in [0.1, 0.15) is 22.3 Å². The van der Waals surface area contributed by atoms with Crippen molar-refractivity contribution in [3.63, 3.8) is 0 Å². The lowest BCUT2D eigenvalue weighted by atomic mass is 9.91. The number of phenols is 2. The highest BCUT2D eigenvalue weighted by molar-refractivity contribution is 6.38. The number of β-lactam (4-membered cyclic amide) rings is 2. The maximum atomic E-state index is 12.6. The van der Waals surface area contributed by atoms with Gasteiger partial charge in [0.15, 0.2) is 0 Å². The van der Waals surface area contributed by atoms with Gasteiger partial charge >= 0.3 is 0 Å². The molecule has 2 heterocycles. The van der Waals surface area contributed by atoms with Gasteiger partial charge in [-0.25, -0.2) is 0 Å². The third kappa shape index (κ3) is 5.25. The second-order valence-electron chi connectivity index (χ2n) is 11.1. The van der Waals surface area contributed by atoms with E-state index >= 15 is 0 Å². The number of anilines is 6. The predicted molar refractivity (Wildman–Crippen MR) is 182 cm³/mol. The van der Waals surface area contributed by atoms with E-state index in [9.17, 15) is 19.8 Å². The first-order valence-electron chi connectivity index (χ1n) is 14.6. The van der Waals surface area contributed by atoms with E-state index < -0.39 is 22.8 Å². The lowest BCUT2D eigenvalue weighted by Crippen LogP contribution is -2.56. The van der Waals surface area contributed by atoms with Crippen LogP contribution in [0.5, 0.6) is 11.5 Å². The van der Waals surface area contributed by atoms with E-state index in [4.69, 9.17) is 23.2 Å². The van der Waals surface area contributed by atoms with Crippen molar-refractivity contribution in [1.29, 1.82) is 0 Å². The summed E-state index contributed by atoms with van der Waals surface area (Å²) in [4.78, 5) is 28.5. The van der Waals surface area contributed by atoms with Crippen LogP contribution in [0.3, 0.4) is 0 Å². The average molecular weight is 652 g/mol. The molecule has 0 aliphatic carbocycles. The van der Waals surface area contributed by atoms with Crippen LogP contribution in [0, 0.1) is 0 Å². The topological polar surface area (TPSA) is 105 Å². The van der Waals surface area contributed by atoms with E-state index in [1.165, 1.54) is 0 Å². The van der Waals surface area contributed by atoms with Crippen LogP contribution in [0.1, 0.15) is 23.2 Å². The number of halogens is 2. The van der Waals surface area contributed by atoms with E-state index in [-0.39, 0.29) is 23.3 Å². The van der Waals surface area contributed by atoms with E-state index in [0.717, 1.165) is 22.7 Å². The minimum atomic E-state index is -0.734. The van der Waals surface area contributed by atoms with Gasteiger partial charge in [-0.15, -0.1) is 23.2 Å². The molecule has 10 heteroatoms. The summed E-state index contributed by atoms with van der Waals surface area (Å²) in [6, 6.07) is 35.7. The molecule has 2 fully saturated rings. The second kappa shape index (κ2) is 12.0.